The lowest BCUT2D eigenvalue weighted by atomic mass is 10.2. The Kier molecular flexibility index (Phi) is 4.36. The van der Waals surface area contributed by atoms with Crippen molar-refractivity contribution >= 4 is 28.5 Å². The average molecular weight is 283 g/mol. The van der Waals surface area contributed by atoms with Crippen LogP contribution in [0.4, 0.5) is 9.93 Å². The van der Waals surface area contributed by atoms with Gasteiger partial charge in [0.05, 0.1) is 5.69 Å². The van der Waals surface area contributed by atoms with Crippen LogP contribution in [0.5, 0.6) is 0 Å². The molecular formula is C12H17N3O3S. The van der Waals surface area contributed by atoms with Crippen molar-refractivity contribution in [2.75, 3.05) is 5.32 Å². The number of aromatic nitrogens is 1. The van der Waals surface area contributed by atoms with Crippen molar-refractivity contribution in [3.8, 4) is 0 Å². The van der Waals surface area contributed by atoms with Gasteiger partial charge < -0.3 is 10.4 Å². The zero-order valence-electron chi connectivity index (χ0n) is 10.7. The highest BCUT2D eigenvalue weighted by atomic mass is 32.1. The molecule has 2 amide bonds. The van der Waals surface area contributed by atoms with Crippen molar-refractivity contribution in [3.63, 3.8) is 0 Å². The minimum absolute atomic E-state index is 0.411. The summed E-state index contributed by atoms with van der Waals surface area (Å²) in [6.07, 6.45) is 3.42. The number of nitrogens with one attached hydrogen (secondary N) is 2. The molecule has 0 aliphatic heterocycles. The highest BCUT2D eigenvalue weighted by Gasteiger charge is 2.26. The normalized spacial score (nSPS) is 15.8. The monoisotopic (exact) mass is 283 g/mol. The number of rotatable bonds is 6. The van der Waals surface area contributed by atoms with Crippen LogP contribution in [0.25, 0.3) is 0 Å². The molecule has 1 aliphatic rings. The fourth-order valence-electron chi connectivity index (χ4n) is 1.75. The molecule has 1 aromatic heterocycles. The van der Waals surface area contributed by atoms with Crippen molar-refractivity contribution < 1.29 is 14.7 Å². The topological polar surface area (TPSA) is 91.3 Å². The number of anilines is 1. The van der Waals surface area contributed by atoms with Gasteiger partial charge in [-0.15, -0.1) is 11.3 Å². The van der Waals surface area contributed by atoms with Crippen LogP contribution in [-0.4, -0.2) is 28.1 Å². The van der Waals surface area contributed by atoms with Crippen LogP contribution < -0.4 is 10.6 Å². The van der Waals surface area contributed by atoms with E-state index in [9.17, 15) is 9.59 Å². The smallest absolute Gasteiger partial charge is 0.326 e. The van der Waals surface area contributed by atoms with E-state index < -0.39 is 18.0 Å². The summed E-state index contributed by atoms with van der Waals surface area (Å²) >= 11 is 1.36. The lowest BCUT2D eigenvalue weighted by Gasteiger charge is -2.13. The number of nitrogens with zero attached hydrogens (tertiary/aromatic N) is 1. The van der Waals surface area contributed by atoms with Gasteiger partial charge in [-0.05, 0) is 19.3 Å². The molecule has 0 radical (unpaired) electrons. The third-order valence-electron chi connectivity index (χ3n) is 2.92. The molecule has 1 saturated carbocycles. The number of carboxylic acid groups (broad SMARTS) is 1. The first-order valence-corrected chi connectivity index (χ1v) is 7.24. The van der Waals surface area contributed by atoms with Gasteiger partial charge in [0.1, 0.15) is 6.04 Å². The number of thiazole rings is 1. The van der Waals surface area contributed by atoms with E-state index in [4.69, 9.17) is 5.11 Å². The minimum atomic E-state index is -1.02. The largest absolute Gasteiger partial charge is 0.480 e. The van der Waals surface area contributed by atoms with E-state index in [-0.39, 0.29) is 0 Å². The van der Waals surface area contributed by atoms with E-state index in [1.54, 1.807) is 0 Å². The number of carbonyl (C=O) groups excluding carboxylic acids is 1. The maximum atomic E-state index is 11.7. The molecule has 0 bridgehead atoms. The van der Waals surface area contributed by atoms with Crippen LogP contribution in [0.2, 0.25) is 0 Å². The van der Waals surface area contributed by atoms with Gasteiger partial charge in [-0.25, -0.2) is 14.6 Å². The third kappa shape index (κ3) is 3.92. The molecule has 1 aromatic rings. The van der Waals surface area contributed by atoms with E-state index in [1.807, 2.05) is 12.3 Å². The predicted octanol–water partition coefficient (Wildman–Crippen LogP) is 2.40. The van der Waals surface area contributed by atoms with E-state index in [0.717, 1.165) is 18.5 Å². The van der Waals surface area contributed by atoms with Gasteiger partial charge in [0.25, 0.3) is 0 Å². The maximum absolute atomic E-state index is 11.7. The summed E-state index contributed by atoms with van der Waals surface area (Å²) in [4.78, 5) is 26.9. The Morgan fingerprint density at radius 2 is 2.32 bits per heavy atom. The summed E-state index contributed by atoms with van der Waals surface area (Å²) in [6, 6.07) is -1.37. The van der Waals surface area contributed by atoms with Crippen LogP contribution in [0.1, 0.15) is 44.2 Å². The van der Waals surface area contributed by atoms with Gasteiger partial charge >= 0.3 is 12.0 Å². The number of carbonyl (C=O) groups is 2. The molecule has 0 spiro atoms. The molecule has 6 nitrogen and oxygen atoms in total. The van der Waals surface area contributed by atoms with Crippen molar-refractivity contribution in [1.82, 2.24) is 10.3 Å². The molecule has 0 unspecified atom stereocenters. The van der Waals surface area contributed by atoms with Crippen molar-refractivity contribution in [3.05, 3.63) is 11.1 Å². The second-order valence-corrected chi connectivity index (χ2v) is 5.49. The van der Waals surface area contributed by atoms with Crippen LogP contribution in [-0.2, 0) is 4.79 Å². The first-order valence-electron chi connectivity index (χ1n) is 6.36. The molecule has 0 aromatic carbocycles. The van der Waals surface area contributed by atoms with E-state index in [0.29, 0.717) is 23.9 Å². The summed E-state index contributed by atoms with van der Waals surface area (Å²) in [6.45, 7) is 1.87. The fourth-order valence-corrected chi connectivity index (χ4v) is 2.53. The van der Waals surface area contributed by atoms with Gasteiger partial charge in [-0.2, -0.15) is 0 Å². The Morgan fingerprint density at radius 3 is 2.89 bits per heavy atom. The lowest BCUT2D eigenvalue weighted by molar-refractivity contribution is -0.139. The highest BCUT2D eigenvalue weighted by Crippen LogP contribution is 2.40. The molecule has 3 N–H and O–H groups in total. The number of amides is 2. The molecule has 1 aliphatic carbocycles. The first-order chi connectivity index (χ1) is 9.10. The highest BCUT2D eigenvalue weighted by molar-refractivity contribution is 7.13. The molecule has 19 heavy (non-hydrogen) atoms. The van der Waals surface area contributed by atoms with Gasteiger partial charge in [0, 0.05) is 11.3 Å². The Labute approximate surface area is 115 Å². The third-order valence-corrected chi connectivity index (χ3v) is 3.69. The molecule has 0 saturated heterocycles. The number of carboxylic acids is 1. The van der Waals surface area contributed by atoms with Crippen LogP contribution in [0.3, 0.4) is 0 Å². The Balaban J connectivity index is 1.86. The summed E-state index contributed by atoms with van der Waals surface area (Å²) in [5.74, 6) is -0.475. The van der Waals surface area contributed by atoms with Crippen molar-refractivity contribution in [2.24, 2.45) is 0 Å². The van der Waals surface area contributed by atoms with Crippen LogP contribution in [0, 0.1) is 0 Å². The number of hydrogen-bond acceptors (Lipinski definition) is 4. The van der Waals surface area contributed by atoms with E-state index in [2.05, 4.69) is 15.6 Å². The summed E-state index contributed by atoms with van der Waals surface area (Å²) in [7, 11) is 0. The minimum Gasteiger partial charge on any atom is -0.480 e. The quantitative estimate of drug-likeness (QED) is 0.747. The maximum Gasteiger partial charge on any atom is 0.326 e. The van der Waals surface area contributed by atoms with Gasteiger partial charge in [0.15, 0.2) is 5.13 Å². The fraction of sp³-hybridized carbons (Fsp3) is 0.583. The van der Waals surface area contributed by atoms with E-state index in [1.165, 1.54) is 11.3 Å². The number of hydrogen-bond donors (Lipinski definition) is 3. The molecular weight excluding hydrogens is 266 g/mol. The Bertz CT molecular complexity index is 471. The Hall–Kier alpha value is -1.63. The average Bonchev–Trinajstić information content (AvgIpc) is 3.10. The standard InChI is InChI=1S/C12H17N3O3S/c1-2-3-8(10(16)17)13-11(18)15-12-14-9(6-19-12)7-4-5-7/h6-8H,2-5H2,1H3,(H,16,17)(H2,13,14,15,18)/t8-/m0/s1. The van der Waals surface area contributed by atoms with Crippen molar-refractivity contribution in [1.29, 1.82) is 0 Å². The van der Waals surface area contributed by atoms with Crippen molar-refractivity contribution in [2.45, 2.75) is 44.6 Å². The van der Waals surface area contributed by atoms with Gasteiger partial charge in [-0.3, -0.25) is 5.32 Å². The van der Waals surface area contributed by atoms with E-state index >= 15 is 0 Å². The Morgan fingerprint density at radius 1 is 1.58 bits per heavy atom. The molecule has 1 atom stereocenters. The summed E-state index contributed by atoms with van der Waals surface area (Å²) in [5.41, 5.74) is 1.02. The van der Waals surface area contributed by atoms with Crippen LogP contribution in [0.15, 0.2) is 5.38 Å². The summed E-state index contributed by atoms with van der Waals surface area (Å²) < 4.78 is 0. The van der Waals surface area contributed by atoms with Gasteiger partial charge in [-0.1, -0.05) is 13.3 Å². The zero-order chi connectivity index (χ0) is 13.8. The molecule has 104 valence electrons. The summed E-state index contributed by atoms with van der Waals surface area (Å²) in [5, 5.41) is 16.4. The predicted molar refractivity (Wildman–Crippen MR) is 72.6 cm³/mol. The number of urea groups is 1. The second kappa shape index (κ2) is 6.01. The lowest BCUT2D eigenvalue weighted by Crippen LogP contribution is -2.42. The molecule has 1 heterocycles. The first kappa shape index (κ1) is 13.8. The molecule has 7 heteroatoms. The second-order valence-electron chi connectivity index (χ2n) is 4.63. The zero-order valence-corrected chi connectivity index (χ0v) is 11.5. The number of aliphatic carboxylic acids is 1. The molecule has 1 fully saturated rings. The van der Waals surface area contributed by atoms with Gasteiger partial charge in [0.2, 0.25) is 0 Å². The van der Waals surface area contributed by atoms with Crippen LogP contribution >= 0.6 is 11.3 Å². The SMILES string of the molecule is CCC[C@H](NC(=O)Nc1nc(C2CC2)cs1)C(=O)O. The molecule has 2 rings (SSSR count).